The van der Waals surface area contributed by atoms with Crippen LogP contribution < -0.4 is 20.7 Å². The molecule has 0 spiro atoms. The summed E-state index contributed by atoms with van der Waals surface area (Å²) in [6.45, 7) is 4.77. The van der Waals surface area contributed by atoms with E-state index in [1.165, 1.54) is 6.92 Å². The van der Waals surface area contributed by atoms with Gasteiger partial charge in [0.2, 0.25) is 5.91 Å². The third-order valence-electron chi connectivity index (χ3n) is 4.38. The van der Waals surface area contributed by atoms with E-state index < -0.39 is 0 Å². The molecule has 0 atom stereocenters. The van der Waals surface area contributed by atoms with Gasteiger partial charge in [0.25, 0.3) is 0 Å². The number of carbonyl (C=O) groups is 1. The zero-order valence-electron chi connectivity index (χ0n) is 15.8. The molecule has 1 aliphatic carbocycles. The molecule has 1 fully saturated rings. The molecule has 7 nitrogen and oxygen atoms in total. The molecule has 7 heteroatoms. The van der Waals surface area contributed by atoms with Gasteiger partial charge in [-0.05, 0) is 50.3 Å². The number of benzene rings is 1. The molecule has 26 heavy (non-hydrogen) atoms. The number of nitrogens with one attached hydrogen (secondary N) is 3. The van der Waals surface area contributed by atoms with E-state index >= 15 is 0 Å². The lowest BCUT2D eigenvalue weighted by Crippen LogP contribution is -2.45. The van der Waals surface area contributed by atoms with Crippen molar-refractivity contribution < 1.29 is 14.6 Å². The average molecular weight is 362 g/mol. The Kier molecular flexibility index (Phi) is 7.72. The van der Waals surface area contributed by atoms with Crippen molar-refractivity contribution in [1.29, 1.82) is 0 Å². The second-order valence-corrected chi connectivity index (χ2v) is 6.56. The van der Waals surface area contributed by atoms with Crippen molar-refractivity contribution in [3.05, 3.63) is 23.8 Å². The molecule has 4 N–H and O–H groups in total. The summed E-state index contributed by atoms with van der Waals surface area (Å²) in [6.07, 6.45) is 3.38. The monoisotopic (exact) mass is 362 g/mol. The molecule has 0 aromatic heterocycles. The van der Waals surface area contributed by atoms with Gasteiger partial charge in [-0.25, -0.2) is 4.99 Å². The van der Waals surface area contributed by atoms with Gasteiger partial charge in [-0.1, -0.05) is 6.07 Å². The number of carbonyl (C=O) groups excluding carboxylic acids is 1. The summed E-state index contributed by atoms with van der Waals surface area (Å²) < 4.78 is 5.28. The minimum absolute atomic E-state index is 0.140. The summed E-state index contributed by atoms with van der Waals surface area (Å²) in [4.78, 5) is 16.0. The van der Waals surface area contributed by atoms with Crippen LogP contribution in [0.5, 0.6) is 5.75 Å². The number of aliphatic hydroxyl groups is 1. The summed E-state index contributed by atoms with van der Waals surface area (Å²) in [5.74, 6) is 1.25. The Bertz CT molecular complexity index is 625. The van der Waals surface area contributed by atoms with Gasteiger partial charge in [0.15, 0.2) is 5.96 Å². The Labute approximate surface area is 155 Å². The third kappa shape index (κ3) is 6.22. The summed E-state index contributed by atoms with van der Waals surface area (Å²) in [5.41, 5.74) is 1.62. The first-order chi connectivity index (χ1) is 12.5. The van der Waals surface area contributed by atoms with E-state index in [0.29, 0.717) is 24.0 Å². The fourth-order valence-electron chi connectivity index (χ4n) is 3.04. The highest BCUT2D eigenvalue weighted by Crippen LogP contribution is 2.25. The molecular formula is C19H30N4O3. The summed E-state index contributed by atoms with van der Waals surface area (Å²) >= 11 is 0. The van der Waals surface area contributed by atoms with E-state index in [0.717, 1.165) is 43.8 Å². The smallest absolute Gasteiger partial charge is 0.221 e. The molecule has 144 valence electrons. The molecule has 1 aromatic rings. The highest BCUT2D eigenvalue weighted by atomic mass is 16.5. The zero-order valence-corrected chi connectivity index (χ0v) is 15.8. The van der Waals surface area contributed by atoms with E-state index in [1.807, 2.05) is 25.1 Å². The van der Waals surface area contributed by atoms with Gasteiger partial charge in [0, 0.05) is 19.5 Å². The zero-order chi connectivity index (χ0) is 18.9. The normalized spacial score (nSPS) is 20.4. The molecule has 1 aliphatic rings. The van der Waals surface area contributed by atoms with Crippen LogP contribution in [0.2, 0.25) is 0 Å². The molecule has 0 aliphatic heterocycles. The maximum Gasteiger partial charge on any atom is 0.221 e. The fourth-order valence-corrected chi connectivity index (χ4v) is 3.04. The molecule has 1 saturated carbocycles. The lowest BCUT2D eigenvalue weighted by atomic mass is 9.93. The number of guanidine groups is 1. The number of anilines is 1. The first-order valence-corrected chi connectivity index (χ1v) is 9.19. The van der Waals surface area contributed by atoms with Crippen molar-refractivity contribution in [3.63, 3.8) is 0 Å². The SMILES string of the molecule is CCNC(=NCc1ccc(OC)c(NC(C)=O)c1)NC1CCC(O)CC1. The predicted molar refractivity (Wildman–Crippen MR) is 104 cm³/mol. The van der Waals surface area contributed by atoms with Crippen LogP contribution in [0.25, 0.3) is 0 Å². The Balaban J connectivity index is 2.04. The van der Waals surface area contributed by atoms with Gasteiger partial charge < -0.3 is 25.8 Å². The van der Waals surface area contributed by atoms with E-state index in [9.17, 15) is 9.90 Å². The van der Waals surface area contributed by atoms with Crippen LogP contribution >= 0.6 is 0 Å². The number of ether oxygens (including phenoxy) is 1. The van der Waals surface area contributed by atoms with Crippen molar-refractivity contribution >= 4 is 17.6 Å². The number of aliphatic hydroxyl groups excluding tert-OH is 1. The molecular weight excluding hydrogens is 332 g/mol. The van der Waals surface area contributed by atoms with E-state index in [4.69, 9.17) is 4.74 Å². The van der Waals surface area contributed by atoms with Crippen molar-refractivity contribution in [2.24, 2.45) is 4.99 Å². The maximum atomic E-state index is 11.4. The quantitative estimate of drug-likeness (QED) is 0.459. The van der Waals surface area contributed by atoms with Crippen LogP contribution in [0.4, 0.5) is 5.69 Å². The highest BCUT2D eigenvalue weighted by Gasteiger charge is 2.19. The van der Waals surface area contributed by atoms with Crippen LogP contribution in [0.1, 0.15) is 45.1 Å². The van der Waals surface area contributed by atoms with Gasteiger partial charge in [-0.2, -0.15) is 0 Å². The lowest BCUT2D eigenvalue weighted by Gasteiger charge is -2.27. The molecule has 1 aromatic carbocycles. The van der Waals surface area contributed by atoms with Crippen LogP contribution in [-0.2, 0) is 11.3 Å². The van der Waals surface area contributed by atoms with Gasteiger partial charge in [-0.3, -0.25) is 4.79 Å². The Morgan fingerprint density at radius 3 is 2.65 bits per heavy atom. The van der Waals surface area contributed by atoms with Crippen molar-refractivity contribution in [3.8, 4) is 5.75 Å². The molecule has 0 radical (unpaired) electrons. The Morgan fingerprint density at radius 2 is 2.04 bits per heavy atom. The number of aliphatic imine (C=N–C) groups is 1. The standard InChI is InChI=1S/C19H30N4O3/c1-4-20-19(23-15-6-8-16(25)9-7-15)21-12-14-5-10-18(26-3)17(11-14)22-13(2)24/h5,10-11,15-16,25H,4,6-9,12H2,1-3H3,(H,22,24)(H2,20,21,23). The van der Waals surface area contributed by atoms with Crippen molar-refractivity contribution in [2.45, 2.75) is 58.2 Å². The largest absolute Gasteiger partial charge is 0.495 e. The van der Waals surface area contributed by atoms with E-state index in [2.05, 4.69) is 20.9 Å². The van der Waals surface area contributed by atoms with Crippen LogP contribution in [0.15, 0.2) is 23.2 Å². The van der Waals surface area contributed by atoms with Crippen molar-refractivity contribution in [2.75, 3.05) is 19.0 Å². The van der Waals surface area contributed by atoms with Crippen molar-refractivity contribution in [1.82, 2.24) is 10.6 Å². The Morgan fingerprint density at radius 1 is 1.31 bits per heavy atom. The lowest BCUT2D eigenvalue weighted by molar-refractivity contribution is -0.114. The Hall–Kier alpha value is -2.28. The second-order valence-electron chi connectivity index (χ2n) is 6.56. The summed E-state index contributed by atoms with van der Waals surface area (Å²) in [5, 5.41) is 19.1. The minimum atomic E-state index is -0.168. The van der Waals surface area contributed by atoms with E-state index in [1.54, 1.807) is 7.11 Å². The molecule has 0 unspecified atom stereocenters. The molecule has 1 amide bonds. The van der Waals surface area contributed by atoms with Gasteiger partial charge in [0.1, 0.15) is 5.75 Å². The van der Waals surface area contributed by atoms with Crippen LogP contribution in [0.3, 0.4) is 0 Å². The molecule has 2 rings (SSSR count). The first-order valence-electron chi connectivity index (χ1n) is 9.19. The number of amides is 1. The summed E-state index contributed by atoms with van der Waals surface area (Å²) in [6, 6.07) is 5.99. The van der Waals surface area contributed by atoms with Crippen LogP contribution in [-0.4, -0.2) is 42.8 Å². The number of methoxy groups -OCH3 is 1. The van der Waals surface area contributed by atoms with Gasteiger partial charge >= 0.3 is 0 Å². The average Bonchev–Trinajstić information content (AvgIpc) is 2.61. The second kappa shape index (κ2) is 10.0. The third-order valence-corrected chi connectivity index (χ3v) is 4.38. The summed E-state index contributed by atoms with van der Waals surface area (Å²) in [7, 11) is 1.58. The predicted octanol–water partition coefficient (Wildman–Crippen LogP) is 2.01. The molecule has 0 heterocycles. The van der Waals surface area contributed by atoms with Gasteiger partial charge in [-0.15, -0.1) is 0 Å². The number of rotatable bonds is 6. The number of hydrogen-bond acceptors (Lipinski definition) is 4. The minimum Gasteiger partial charge on any atom is -0.495 e. The number of hydrogen-bond donors (Lipinski definition) is 4. The number of nitrogens with zero attached hydrogens (tertiary/aromatic N) is 1. The van der Waals surface area contributed by atoms with E-state index in [-0.39, 0.29) is 12.0 Å². The fraction of sp³-hybridized carbons (Fsp3) is 0.579. The molecule has 0 saturated heterocycles. The van der Waals surface area contributed by atoms with Gasteiger partial charge in [0.05, 0.1) is 25.4 Å². The topological polar surface area (TPSA) is 95.0 Å². The molecule has 0 bridgehead atoms. The highest BCUT2D eigenvalue weighted by molar-refractivity contribution is 5.90. The van der Waals surface area contributed by atoms with Crippen LogP contribution in [0, 0.1) is 0 Å². The maximum absolute atomic E-state index is 11.4. The first kappa shape index (κ1) is 20.0.